The van der Waals surface area contributed by atoms with Crippen molar-refractivity contribution in [3.8, 4) is 0 Å². The molecule has 0 amide bonds. The number of H-pyrrole nitrogens is 1. The van der Waals surface area contributed by atoms with Crippen molar-refractivity contribution in [2.24, 2.45) is 0 Å². The molecule has 0 radical (unpaired) electrons. The van der Waals surface area contributed by atoms with E-state index in [1.54, 1.807) is 42.5 Å². The Morgan fingerprint density at radius 1 is 1.14 bits per heavy atom. The lowest BCUT2D eigenvalue weighted by Gasteiger charge is -1.99. The molecule has 0 saturated heterocycles. The Morgan fingerprint density at radius 3 is 2.76 bits per heavy atom. The van der Waals surface area contributed by atoms with Crippen LogP contribution in [0.5, 0.6) is 0 Å². The highest BCUT2D eigenvalue weighted by Crippen LogP contribution is 2.17. The summed E-state index contributed by atoms with van der Waals surface area (Å²) in [6.45, 7) is 0. The summed E-state index contributed by atoms with van der Waals surface area (Å²) in [5.41, 5.74) is 0.822. The number of fused-ring (bicyclic) bond motifs is 1. The van der Waals surface area contributed by atoms with Crippen molar-refractivity contribution in [2.45, 2.75) is 0 Å². The van der Waals surface area contributed by atoms with Gasteiger partial charge in [-0.15, -0.1) is 0 Å². The molecule has 0 unspecified atom stereocenters. The zero-order valence-electron chi connectivity index (χ0n) is 10.8. The molecule has 1 N–H and O–H groups in total. The summed E-state index contributed by atoms with van der Waals surface area (Å²) in [5, 5.41) is 0.532. The van der Waals surface area contributed by atoms with Gasteiger partial charge in [-0.2, -0.15) is 0 Å². The molecular formula is C16H10BrFN2O. The Balaban J connectivity index is 2.01. The Bertz CT molecular complexity index is 902. The summed E-state index contributed by atoms with van der Waals surface area (Å²) in [6, 6.07) is 11.9. The standard InChI is InChI=1S/C16H10BrFN2O/c17-11-7-5-10(13(18)9-11)6-8-15-19-14-4-2-1-3-12(14)16(21)20-15/h1-9H,(H,19,20,21). The van der Waals surface area contributed by atoms with Gasteiger partial charge in [-0.1, -0.05) is 34.1 Å². The van der Waals surface area contributed by atoms with Crippen LogP contribution in [0.3, 0.4) is 0 Å². The number of benzene rings is 2. The second-order valence-corrected chi connectivity index (χ2v) is 5.38. The summed E-state index contributed by atoms with van der Waals surface area (Å²) in [7, 11) is 0. The van der Waals surface area contributed by atoms with Gasteiger partial charge in [0.15, 0.2) is 0 Å². The molecule has 0 fully saturated rings. The molecule has 104 valence electrons. The van der Waals surface area contributed by atoms with Gasteiger partial charge in [0.25, 0.3) is 5.56 Å². The molecule has 0 aliphatic heterocycles. The fourth-order valence-corrected chi connectivity index (χ4v) is 2.32. The Morgan fingerprint density at radius 2 is 1.95 bits per heavy atom. The van der Waals surface area contributed by atoms with Gasteiger partial charge >= 0.3 is 0 Å². The van der Waals surface area contributed by atoms with Crippen LogP contribution in [0.25, 0.3) is 23.1 Å². The van der Waals surface area contributed by atoms with E-state index in [0.29, 0.717) is 26.8 Å². The second kappa shape index (κ2) is 5.61. The summed E-state index contributed by atoms with van der Waals surface area (Å²) < 4.78 is 14.4. The molecule has 1 heterocycles. The fourth-order valence-electron chi connectivity index (χ4n) is 1.99. The number of hydrogen-bond donors (Lipinski definition) is 1. The predicted octanol–water partition coefficient (Wildman–Crippen LogP) is 4.00. The van der Waals surface area contributed by atoms with Crippen LogP contribution in [0, 0.1) is 5.82 Å². The summed E-state index contributed by atoms with van der Waals surface area (Å²) in [6.07, 6.45) is 3.16. The average Bonchev–Trinajstić information content (AvgIpc) is 2.46. The van der Waals surface area contributed by atoms with Crippen molar-refractivity contribution < 1.29 is 4.39 Å². The highest BCUT2D eigenvalue weighted by atomic mass is 79.9. The van der Waals surface area contributed by atoms with E-state index in [9.17, 15) is 9.18 Å². The van der Waals surface area contributed by atoms with Crippen LogP contribution < -0.4 is 5.56 Å². The van der Waals surface area contributed by atoms with Crippen LogP contribution in [-0.4, -0.2) is 9.97 Å². The number of halogens is 2. The molecule has 0 aliphatic carbocycles. The molecule has 3 aromatic rings. The normalized spacial score (nSPS) is 11.3. The first-order valence-corrected chi connectivity index (χ1v) is 7.05. The zero-order chi connectivity index (χ0) is 14.8. The SMILES string of the molecule is O=c1[nH]c(C=Cc2ccc(Br)cc2F)nc2ccccc12. The van der Waals surface area contributed by atoms with Crippen molar-refractivity contribution in [2.75, 3.05) is 0 Å². The third-order valence-corrected chi connectivity index (χ3v) is 3.51. The highest BCUT2D eigenvalue weighted by Gasteiger charge is 2.02. The molecule has 0 aliphatic rings. The first-order valence-electron chi connectivity index (χ1n) is 6.26. The third kappa shape index (κ3) is 2.92. The molecular weight excluding hydrogens is 335 g/mol. The van der Waals surface area contributed by atoms with Crippen LogP contribution in [0.2, 0.25) is 0 Å². The number of nitrogens with one attached hydrogen (secondary N) is 1. The summed E-state index contributed by atoms with van der Waals surface area (Å²) in [5.74, 6) is 0.0461. The molecule has 0 spiro atoms. The lowest BCUT2D eigenvalue weighted by molar-refractivity contribution is 0.624. The number of hydrogen-bond acceptors (Lipinski definition) is 2. The molecule has 1 aromatic heterocycles. The van der Waals surface area contributed by atoms with E-state index < -0.39 is 0 Å². The lowest BCUT2D eigenvalue weighted by atomic mass is 10.2. The zero-order valence-corrected chi connectivity index (χ0v) is 12.4. The smallest absolute Gasteiger partial charge is 0.259 e. The van der Waals surface area contributed by atoms with Crippen LogP contribution in [0.1, 0.15) is 11.4 Å². The van der Waals surface area contributed by atoms with Crippen molar-refractivity contribution >= 4 is 39.0 Å². The first-order chi connectivity index (χ1) is 10.1. The van der Waals surface area contributed by atoms with E-state index in [2.05, 4.69) is 25.9 Å². The van der Waals surface area contributed by atoms with Crippen LogP contribution in [-0.2, 0) is 0 Å². The molecule has 21 heavy (non-hydrogen) atoms. The number of rotatable bonds is 2. The maximum absolute atomic E-state index is 13.7. The molecule has 3 nitrogen and oxygen atoms in total. The molecule has 0 saturated carbocycles. The van der Waals surface area contributed by atoms with E-state index in [0.717, 1.165) is 0 Å². The number of para-hydroxylation sites is 1. The molecule has 5 heteroatoms. The maximum atomic E-state index is 13.7. The minimum Gasteiger partial charge on any atom is -0.306 e. The Hall–Kier alpha value is -2.27. The monoisotopic (exact) mass is 344 g/mol. The topological polar surface area (TPSA) is 45.8 Å². The summed E-state index contributed by atoms with van der Waals surface area (Å²) in [4.78, 5) is 18.9. The second-order valence-electron chi connectivity index (χ2n) is 4.47. The van der Waals surface area contributed by atoms with Gasteiger partial charge in [-0.25, -0.2) is 9.37 Å². The minimum absolute atomic E-state index is 0.212. The Labute approximate surface area is 128 Å². The summed E-state index contributed by atoms with van der Waals surface area (Å²) >= 11 is 3.21. The Kier molecular flexibility index (Phi) is 3.66. The molecule has 3 rings (SSSR count). The average molecular weight is 345 g/mol. The lowest BCUT2D eigenvalue weighted by Crippen LogP contribution is -2.09. The number of aromatic nitrogens is 2. The highest BCUT2D eigenvalue weighted by molar-refractivity contribution is 9.10. The maximum Gasteiger partial charge on any atom is 0.259 e. The van der Waals surface area contributed by atoms with E-state index >= 15 is 0 Å². The van der Waals surface area contributed by atoms with Gasteiger partial charge < -0.3 is 4.98 Å². The predicted molar refractivity (Wildman–Crippen MR) is 85.4 cm³/mol. The number of nitrogens with zero attached hydrogens (tertiary/aromatic N) is 1. The molecule has 0 bridgehead atoms. The largest absolute Gasteiger partial charge is 0.306 e. The van der Waals surface area contributed by atoms with Gasteiger partial charge in [0.05, 0.1) is 10.9 Å². The van der Waals surface area contributed by atoms with Crippen molar-refractivity contribution in [3.63, 3.8) is 0 Å². The van der Waals surface area contributed by atoms with Crippen molar-refractivity contribution in [3.05, 3.63) is 74.5 Å². The minimum atomic E-state index is -0.344. The van der Waals surface area contributed by atoms with Gasteiger partial charge in [0.2, 0.25) is 0 Å². The quantitative estimate of drug-likeness (QED) is 0.763. The molecule has 0 atom stereocenters. The van der Waals surface area contributed by atoms with Crippen molar-refractivity contribution in [1.29, 1.82) is 0 Å². The number of aromatic amines is 1. The van der Waals surface area contributed by atoms with Crippen LogP contribution >= 0.6 is 15.9 Å². The van der Waals surface area contributed by atoms with Crippen molar-refractivity contribution in [1.82, 2.24) is 9.97 Å². The van der Waals surface area contributed by atoms with E-state index in [1.807, 2.05) is 6.07 Å². The van der Waals surface area contributed by atoms with Gasteiger partial charge in [0, 0.05) is 10.0 Å². The third-order valence-electron chi connectivity index (χ3n) is 3.01. The van der Waals surface area contributed by atoms with E-state index in [-0.39, 0.29) is 11.4 Å². The van der Waals surface area contributed by atoms with Crippen LogP contribution in [0.4, 0.5) is 4.39 Å². The molecule has 2 aromatic carbocycles. The fraction of sp³-hybridized carbons (Fsp3) is 0. The van der Waals surface area contributed by atoms with Gasteiger partial charge in [0.1, 0.15) is 11.6 Å². The first kappa shape index (κ1) is 13.7. The van der Waals surface area contributed by atoms with E-state index in [1.165, 1.54) is 6.07 Å². The van der Waals surface area contributed by atoms with Gasteiger partial charge in [-0.3, -0.25) is 4.79 Å². The van der Waals surface area contributed by atoms with Gasteiger partial charge in [-0.05, 0) is 36.4 Å². The van der Waals surface area contributed by atoms with E-state index in [4.69, 9.17) is 0 Å². The van der Waals surface area contributed by atoms with Crippen LogP contribution in [0.15, 0.2) is 51.7 Å².